The number of thioether (sulfide) groups is 1. The Balaban J connectivity index is 1.44. The number of benzene rings is 1. The summed E-state index contributed by atoms with van der Waals surface area (Å²) < 4.78 is 5.78. The van der Waals surface area contributed by atoms with Crippen LogP contribution in [0.3, 0.4) is 0 Å². The minimum atomic E-state index is -0.282. The molecule has 0 unspecified atom stereocenters. The maximum absolute atomic E-state index is 12.1. The van der Waals surface area contributed by atoms with Gasteiger partial charge in [0.15, 0.2) is 5.17 Å². The maximum Gasteiger partial charge on any atom is 0.269 e. The number of hydrogen-bond acceptors (Lipinski definition) is 7. The molecule has 3 heterocycles. The molecule has 3 aromatic rings. The summed E-state index contributed by atoms with van der Waals surface area (Å²) in [5, 5.41) is 7.80. The Bertz CT molecular complexity index is 1140. The molecule has 7 nitrogen and oxygen atoms in total. The number of carbonyl (C=O) groups excluding carboxylic acids is 2. The molecule has 150 valence electrons. The second-order valence-electron chi connectivity index (χ2n) is 6.05. The van der Waals surface area contributed by atoms with E-state index in [2.05, 4.69) is 20.6 Å². The van der Waals surface area contributed by atoms with Gasteiger partial charge in [-0.3, -0.25) is 14.6 Å². The summed E-state index contributed by atoms with van der Waals surface area (Å²) in [6.45, 7) is 0. The smallest absolute Gasteiger partial charge is 0.269 e. The Labute approximate surface area is 180 Å². The summed E-state index contributed by atoms with van der Waals surface area (Å²) in [5.41, 5.74) is 0.960. The number of ether oxygens (including phenoxy) is 1. The molecule has 30 heavy (non-hydrogen) atoms. The molecule has 0 atom stereocenters. The minimum Gasteiger partial charge on any atom is -0.457 e. The third-order valence-electron chi connectivity index (χ3n) is 3.96. The van der Waals surface area contributed by atoms with E-state index in [0.29, 0.717) is 27.3 Å². The summed E-state index contributed by atoms with van der Waals surface area (Å²) in [4.78, 5) is 33.9. The predicted octanol–water partition coefficient (Wildman–Crippen LogP) is 4.19. The van der Waals surface area contributed by atoms with Crippen molar-refractivity contribution in [2.24, 2.45) is 4.99 Å². The Morgan fingerprint density at radius 2 is 2.03 bits per heavy atom. The molecular formula is C21H16N4O3S2. The number of nitrogens with one attached hydrogen (secondary N) is 2. The lowest BCUT2D eigenvalue weighted by Crippen LogP contribution is -2.19. The Morgan fingerprint density at radius 1 is 1.20 bits per heavy atom. The van der Waals surface area contributed by atoms with Crippen LogP contribution in [0.1, 0.15) is 15.4 Å². The molecule has 0 bridgehead atoms. The van der Waals surface area contributed by atoms with Crippen molar-refractivity contribution in [2.45, 2.75) is 0 Å². The normalized spacial score (nSPS) is 16.0. The van der Waals surface area contributed by atoms with Crippen LogP contribution >= 0.6 is 23.1 Å². The highest BCUT2D eigenvalue weighted by Gasteiger charge is 2.23. The molecule has 1 aliphatic rings. The van der Waals surface area contributed by atoms with Crippen molar-refractivity contribution in [3.05, 3.63) is 75.6 Å². The van der Waals surface area contributed by atoms with Gasteiger partial charge in [-0.15, -0.1) is 11.3 Å². The van der Waals surface area contributed by atoms with Crippen LogP contribution in [0.25, 0.3) is 6.08 Å². The number of pyridine rings is 1. The number of carbonyl (C=O) groups is 2. The van der Waals surface area contributed by atoms with Gasteiger partial charge >= 0.3 is 0 Å². The van der Waals surface area contributed by atoms with E-state index in [1.165, 1.54) is 18.0 Å². The van der Waals surface area contributed by atoms with E-state index in [9.17, 15) is 9.59 Å². The average molecular weight is 437 g/mol. The summed E-state index contributed by atoms with van der Waals surface area (Å²) in [6, 6.07) is 14.3. The number of thiophene rings is 1. The lowest BCUT2D eigenvalue weighted by atomic mass is 10.3. The van der Waals surface area contributed by atoms with Crippen molar-refractivity contribution >= 4 is 51.8 Å². The molecule has 9 heteroatoms. The van der Waals surface area contributed by atoms with Crippen molar-refractivity contribution in [3.8, 4) is 11.5 Å². The Kier molecular flexibility index (Phi) is 5.92. The maximum atomic E-state index is 12.1. The second kappa shape index (κ2) is 8.93. The first-order valence-electron chi connectivity index (χ1n) is 8.90. The molecule has 0 radical (unpaired) electrons. The average Bonchev–Trinajstić information content (AvgIpc) is 3.39. The van der Waals surface area contributed by atoms with Gasteiger partial charge in [-0.1, -0.05) is 6.07 Å². The lowest BCUT2D eigenvalue weighted by Gasteiger charge is -2.07. The van der Waals surface area contributed by atoms with Crippen LogP contribution in [0.5, 0.6) is 11.5 Å². The fourth-order valence-corrected chi connectivity index (χ4v) is 4.12. The van der Waals surface area contributed by atoms with Crippen molar-refractivity contribution < 1.29 is 14.3 Å². The van der Waals surface area contributed by atoms with Gasteiger partial charge in [0.05, 0.1) is 10.6 Å². The first-order chi connectivity index (χ1) is 14.6. The summed E-state index contributed by atoms with van der Waals surface area (Å²) in [6.07, 6.45) is 3.37. The number of amides is 2. The van der Waals surface area contributed by atoms with Gasteiger partial charge in [0, 0.05) is 24.2 Å². The summed E-state index contributed by atoms with van der Waals surface area (Å²) in [5.74, 6) is 0.658. The highest BCUT2D eigenvalue weighted by Crippen LogP contribution is 2.30. The number of aliphatic imine (C=N–C) groups is 1. The third-order valence-corrected chi connectivity index (χ3v) is 5.69. The predicted molar refractivity (Wildman–Crippen MR) is 119 cm³/mol. The van der Waals surface area contributed by atoms with Gasteiger partial charge in [0.2, 0.25) is 0 Å². The molecule has 0 spiro atoms. The molecule has 1 fully saturated rings. The largest absolute Gasteiger partial charge is 0.457 e. The molecular weight excluding hydrogens is 420 g/mol. The fourth-order valence-electron chi connectivity index (χ4n) is 2.55. The van der Waals surface area contributed by atoms with Crippen molar-refractivity contribution in [3.63, 3.8) is 0 Å². The minimum absolute atomic E-state index is 0.156. The van der Waals surface area contributed by atoms with E-state index in [1.54, 1.807) is 54.8 Å². The van der Waals surface area contributed by atoms with Gasteiger partial charge in [-0.25, -0.2) is 4.99 Å². The number of rotatable bonds is 5. The number of nitrogens with zero attached hydrogens (tertiary/aromatic N) is 2. The molecule has 1 saturated heterocycles. The first kappa shape index (κ1) is 19.9. The zero-order valence-corrected chi connectivity index (χ0v) is 17.4. The molecule has 2 aromatic heterocycles. The van der Waals surface area contributed by atoms with E-state index in [-0.39, 0.29) is 17.5 Å². The number of amidine groups is 1. The molecule has 4 rings (SSSR count). The molecule has 0 aliphatic carbocycles. The van der Waals surface area contributed by atoms with Crippen molar-refractivity contribution in [2.75, 3.05) is 7.05 Å². The van der Waals surface area contributed by atoms with Crippen LogP contribution < -0.4 is 15.4 Å². The van der Waals surface area contributed by atoms with Gasteiger partial charge < -0.3 is 15.4 Å². The van der Waals surface area contributed by atoms with E-state index in [0.717, 1.165) is 4.88 Å². The zero-order chi connectivity index (χ0) is 20.9. The van der Waals surface area contributed by atoms with E-state index in [4.69, 9.17) is 4.74 Å². The summed E-state index contributed by atoms with van der Waals surface area (Å²) >= 11 is 2.88. The third kappa shape index (κ3) is 4.76. The number of hydrogen-bond donors (Lipinski definition) is 2. The molecule has 2 amide bonds. The van der Waals surface area contributed by atoms with Crippen molar-refractivity contribution in [1.29, 1.82) is 0 Å². The lowest BCUT2D eigenvalue weighted by molar-refractivity contribution is -0.115. The quantitative estimate of drug-likeness (QED) is 0.585. The van der Waals surface area contributed by atoms with Crippen LogP contribution in [0.15, 0.2) is 70.0 Å². The highest BCUT2D eigenvalue weighted by atomic mass is 32.2. The van der Waals surface area contributed by atoms with Gasteiger partial charge in [0.1, 0.15) is 17.2 Å². The standard InChI is InChI=1S/C21H16N4O3S2/c1-22-19(26)17-11-15(8-9-23-17)28-14-6-4-13(5-7-14)24-21-25-20(27)18(30-21)12-16-3-2-10-29-16/h2-12H,1H3,(H,22,26)(H,24,25,27)/b18-12-. The molecule has 1 aromatic carbocycles. The highest BCUT2D eigenvalue weighted by molar-refractivity contribution is 8.18. The first-order valence-corrected chi connectivity index (χ1v) is 10.6. The molecule has 2 N–H and O–H groups in total. The SMILES string of the molecule is CNC(=O)c1cc(Oc2ccc(N=C3NC(=O)/C(=C/c4cccs4)S3)cc2)ccn1. The second-order valence-corrected chi connectivity index (χ2v) is 8.06. The Hall–Kier alpha value is -3.43. The van der Waals surface area contributed by atoms with Crippen LogP contribution in [-0.4, -0.2) is 29.0 Å². The van der Waals surface area contributed by atoms with E-state index >= 15 is 0 Å². The van der Waals surface area contributed by atoms with Crippen molar-refractivity contribution in [1.82, 2.24) is 15.6 Å². The zero-order valence-electron chi connectivity index (χ0n) is 15.8. The van der Waals surface area contributed by atoms with Gasteiger partial charge in [-0.2, -0.15) is 0 Å². The topological polar surface area (TPSA) is 92.7 Å². The van der Waals surface area contributed by atoms with E-state index < -0.39 is 0 Å². The van der Waals surface area contributed by atoms with Crippen LogP contribution in [0, 0.1) is 0 Å². The fraction of sp³-hybridized carbons (Fsp3) is 0.0476. The van der Waals surface area contributed by atoms with Crippen LogP contribution in [-0.2, 0) is 4.79 Å². The van der Waals surface area contributed by atoms with Crippen LogP contribution in [0.4, 0.5) is 5.69 Å². The van der Waals surface area contributed by atoms with E-state index in [1.807, 2.05) is 23.6 Å². The van der Waals surface area contributed by atoms with Gasteiger partial charge in [-0.05, 0) is 59.6 Å². The Morgan fingerprint density at radius 3 is 2.77 bits per heavy atom. The summed E-state index contributed by atoms with van der Waals surface area (Å²) in [7, 11) is 1.55. The molecule has 0 saturated carbocycles. The molecule has 1 aliphatic heterocycles. The van der Waals surface area contributed by atoms with Gasteiger partial charge in [0.25, 0.3) is 11.8 Å². The van der Waals surface area contributed by atoms with Crippen LogP contribution in [0.2, 0.25) is 0 Å². The monoisotopic (exact) mass is 436 g/mol. The number of aromatic nitrogens is 1.